The average molecular weight is 403 g/mol. The highest BCUT2D eigenvalue weighted by Crippen LogP contribution is 2.25. The molecule has 1 atom stereocenters. The van der Waals surface area contributed by atoms with E-state index in [1.54, 1.807) is 17.2 Å². The molecule has 0 aromatic carbocycles. The van der Waals surface area contributed by atoms with Gasteiger partial charge in [0.05, 0.1) is 35.0 Å². The summed E-state index contributed by atoms with van der Waals surface area (Å²) in [4.78, 5) is 24.0. The molecule has 3 aromatic heterocycles. The van der Waals surface area contributed by atoms with Gasteiger partial charge >= 0.3 is 0 Å². The Hall–Kier alpha value is -2.51. The molecule has 1 aliphatic rings. The lowest BCUT2D eigenvalue weighted by atomic mass is 10.1. The molecule has 0 spiro atoms. The van der Waals surface area contributed by atoms with Crippen LogP contribution in [0, 0.1) is 13.8 Å². The highest BCUT2D eigenvalue weighted by atomic mass is 35.5. The van der Waals surface area contributed by atoms with Gasteiger partial charge in [-0.3, -0.25) is 9.78 Å². The molecule has 1 amide bonds. The van der Waals surface area contributed by atoms with Crippen molar-refractivity contribution < 1.29 is 14.1 Å². The zero-order valence-electron chi connectivity index (χ0n) is 15.9. The Bertz CT molecular complexity index is 955. The number of amides is 1. The Morgan fingerprint density at radius 2 is 2.18 bits per heavy atom. The lowest BCUT2D eigenvalue weighted by Gasteiger charge is -2.25. The van der Waals surface area contributed by atoms with Gasteiger partial charge in [-0.15, -0.1) is 12.4 Å². The van der Waals surface area contributed by atoms with Crippen LogP contribution >= 0.6 is 12.4 Å². The number of pyridine rings is 2. The molecule has 1 unspecified atom stereocenters. The van der Waals surface area contributed by atoms with Crippen LogP contribution in [-0.4, -0.2) is 45.2 Å². The van der Waals surface area contributed by atoms with Crippen LogP contribution in [-0.2, 0) is 11.3 Å². The number of ether oxygens (including phenoxy) is 1. The van der Waals surface area contributed by atoms with E-state index in [1.165, 1.54) is 0 Å². The summed E-state index contributed by atoms with van der Waals surface area (Å²) in [5.74, 6) is -0.0852. The number of hydrogen-bond donors (Lipinski definition) is 0. The Labute approximate surface area is 169 Å². The molecule has 0 aliphatic carbocycles. The SMILES string of the molecule is Cc1cc(C(=O)N(Cc2ccccn2)CC2CCCO2)c2c(C)noc2n1.Cl. The summed E-state index contributed by atoms with van der Waals surface area (Å²) in [6, 6.07) is 7.52. The molecular weight excluding hydrogens is 380 g/mol. The van der Waals surface area contributed by atoms with Gasteiger partial charge in [-0.1, -0.05) is 11.2 Å². The molecule has 148 valence electrons. The summed E-state index contributed by atoms with van der Waals surface area (Å²) in [6.45, 7) is 5.37. The van der Waals surface area contributed by atoms with Gasteiger partial charge in [0.15, 0.2) is 0 Å². The Balaban J connectivity index is 0.00000225. The van der Waals surface area contributed by atoms with E-state index in [-0.39, 0.29) is 24.4 Å². The number of carbonyl (C=O) groups is 1. The third-order valence-corrected chi connectivity index (χ3v) is 4.79. The first kappa shape index (κ1) is 20.2. The van der Waals surface area contributed by atoms with Gasteiger partial charge in [0.2, 0.25) is 0 Å². The number of aromatic nitrogens is 3. The van der Waals surface area contributed by atoms with E-state index in [4.69, 9.17) is 9.26 Å². The van der Waals surface area contributed by atoms with Crippen LogP contribution in [0.25, 0.3) is 11.1 Å². The van der Waals surface area contributed by atoms with Crippen molar-refractivity contribution in [3.8, 4) is 0 Å². The summed E-state index contributed by atoms with van der Waals surface area (Å²) in [5, 5.41) is 4.65. The predicted molar refractivity (Wildman–Crippen MR) is 106 cm³/mol. The van der Waals surface area contributed by atoms with Crippen molar-refractivity contribution in [3.05, 3.63) is 53.1 Å². The van der Waals surface area contributed by atoms with Gasteiger partial charge in [-0.25, -0.2) is 4.98 Å². The largest absolute Gasteiger partial charge is 0.376 e. The van der Waals surface area contributed by atoms with Crippen LogP contribution in [0.5, 0.6) is 0 Å². The maximum Gasteiger partial charge on any atom is 0.258 e. The molecule has 4 rings (SSSR count). The summed E-state index contributed by atoms with van der Waals surface area (Å²) < 4.78 is 11.1. The van der Waals surface area contributed by atoms with Crippen molar-refractivity contribution in [2.24, 2.45) is 0 Å². The van der Waals surface area contributed by atoms with E-state index in [0.717, 1.165) is 30.8 Å². The van der Waals surface area contributed by atoms with Gasteiger partial charge < -0.3 is 14.2 Å². The van der Waals surface area contributed by atoms with Crippen LogP contribution in [0.2, 0.25) is 0 Å². The fourth-order valence-corrected chi connectivity index (χ4v) is 3.50. The molecule has 0 radical (unpaired) electrons. The molecule has 0 N–H and O–H groups in total. The molecule has 28 heavy (non-hydrogen) atoms. The van der Waals surface area contributed by atoms with Crippen LogP contribution in [0.4, 0.5) is 0 Å². The quantitative estimate of drug-likeness (QED) is 0.649. The topological polar surface area (TPSA) is 81.4 Å². The first-order chi connectivity index (χ1) is 13.1. The van der Waals surface area contributed by atoms with E-state index in [9.17, 15) is 4.79 Å². The van der Waals surface area contributed by atoms with Crippen molar-refractivity contribution in [1.29, 1.82) is 0 Å². The van der Waals surface area contributed by atoms with Gasteiger partial charge in [-0.05, 0) is 44.9 Å². The van der Waals surface area contributed by atoms with Crippen LogP contribution in [0.1, 0.15) is 40.3 Å². The van der Waals surface area contributed by atoms with Crippen molar-refractivity contribution in [2.75, 3.05) is 13.2 Å². The minimum atomic E-state index is -0.0852. The number of hydrogen-bond acceptors (Lipinski definition) is 6. The number of halogens is 1. The number of carbonyl (C=O) groups excluding carboxylic acids is 1. The summed E-state index contributed by atoms with van der Waals surface area (Å²) in [5.41, 5.74) is 3.18. The molecule has 0 bridgehead atoms. The van der Waals surface area contributed by atoms with E-state index >= 15 is 0 Å². The molecule has 1 saturated heterocycles. The standard InChI is InChI=1S/C20H22N4O3.ClH/c1-13-10-17(18-14(2)23-27-19(18)22-13)20(25)24(12-16-7-5-9-26-16)11-15-6-3-4-8-21-15;/h3-4,6,8,10,16H,5,7,9,11-12H2,1-2H3;1H. The highest BCUT2D eigenvalue weighted by Gasteiger charge is 2.27. The van der Waals surface area contributed by atoms with Crippen molar-refractivity contribution in [3.63, 3.8) is 0 Å². The molecule has 3 aromatic rings. The second kappa shape index (κ2) is 8.67. The van der Waals surface area contributed by atoms with Gasteiger partial charge in [0, 0.05) is 25.0 Å². The molecule has 7 nitrogen and oxygen atoms in total. The second-order valence-corrected chi connectivity index (χ2v) is 6.90. The molecule has 1 aliphatic heterocycles. The lowest BCUT2D eigenvalue weighted by Crippen LogP contribution is -2.37. The molecule has 1 fully saturated rings. The van der Waals surface area contributed by atoms with E-state index in [0.29, 0.717) is 35.4 Å². The van der Waals surface area contributed by atoms with E-state index < -0.39 is 0 Å². The minimum absolute atomic E-state index is 0. The average Bonchev–Trinajstić information content (AvgIpc) is 3.31. The molecule has 4 heterocycles. The predicted octanol–water partition coefficient (Wildman–Crippen LogP) is 3.48. The van der Waals surface area contributed by atoms with Gasteiger partial charge in [0.1, 0.15) is 0 Å². The van der Waals surface area contributed by atoms with Crippen LogP contribution < -0.4 is 0 Å². The maximum absolute atomic E-state index is 13.5. The molecular formula is C20H23ClN4O3. The van der Waals surface area contributed by atoms with Crippen LogP contribution in [0.3, 0.4) is 0 Å². The normalized spacial score (nSPS) is 16.1. The first-order valence-electron chi connectivity index (χ1n) is 9.16. The van der Waals surface area contributed by atoms with Gasteiger partial charge in [-0.2, -0.15) is 0 Å². The summed E-state index contributed by atoms with van der Waals surface area (Å²) in [6.07, 6.45) is 3.78. The Morgan fingerprint density at radius 1 is 1.32 bits per heavy atom. The van der Waals surface area contributed by atoms with E-state index in [1.807, 2.05) is 32.0 Å². The third-order valence-electron chi connectivity index (χ3n) is 4.79. The van der Waals surface area contributed by atoms with Crippen molar-refractivity contribution in [1.82, 2.24) is 20.0 Å². The van der Waals surface area contributed by atoms with Crippen molar-refractivity contribution in [2.45, 2.75) is 39.3 Å². The summed E-state index contributed by atoms with van der Waals surface area (Å²) in [7, 11) is 0. The lowest BCUT2D eigenvalue weighted by molar-refractivity contribution is 0.0505. The molecule has 8 heteroatoms. The third kappa shape index (κ3) is 4.15. The minimum Gasteiger partial charge on any atom is -0.376 e. The Morgan fingerprint density at radius 3 is 2.89 bits per heavy atom. The molecule has 0 saturated carbocycles. The van der Waals surface area contributed by atoms with Crippen LogP contribution in [0.15, 0.2) is 35.0 Å². The number of rotatable bonds is 5. The Kier molecular flexibility index (Phi) is 6.26. The van der Waals surface area contributed by atoms with Gasteiger partial charge in [0.25, 0.3) is 11.6 Å². The first-order valence-corrected chi connectivity index (χ1v) is 9.16. The smallest absolute Gasteiger partial charge is 0.258 e. The fraction of sp³-hybridized carbons (Fsp3) is 0.400. The number of aryl methyl sites for hydroxylation is 2. The monoisotopic (exact) mass is 402 g/mol. The zero-order chi connectivity index (χ0) is 18.8. The number of fused-ring (bicyclic) bond motifs is 1. The fourth-order valence-electron chi connectivity index (χ4n) is 3.50. The second-order valence-electron chi connectivity index (χ2n) is 6.90. The zero-order valence-corrected chi connectivity index (χ0v) is 16.7. The number of nitrogens with zero attached hydrogens (tertiary/aromatic N) is 4. The highest BCUT2D eigenvalue weighted by molar-refractivity contribution is 6.06. The van der Waals surface area contributed by atoms with Crippen molar-refractivity contribution >= 4 is 29.4 Å². The maximum atomic E-state index is 13.5. The van der Waals surface area contributed by atoms with E-state index in [2.05, 4.69) is 15.1 Å². The summed E-state index contributed by atoms with van der Waals surface area (Å²) >= 11 is 0.